The number of hydrogen-bond donors (Lipinski definition) is 1. The predicted molar refractivity (Wildman–Crippen MR) is 97.9 cm³/mol. The quantitative estimate of drug-likeness (QED) is 0.813. The van der Waals surface area contributed by atoms with Crippen molar-refractivity contribution < 1.29 is 26.3 Å². The molecule has 0 aliphatic carbocycles. The van der Waals surface area contributed by atoms with Crippen molar-refractivity contribution in [2.45, 2.75) is 30.5 Å². The second-order valence-corrected chi connectivity index (χ2v) is 8.29. The molecule has 2 heterocycles. The molecule has 1 unspecified atom stereocenters. The van der Waals surface area contributed by atoms with E-state index in [4.69, 9.17) is 4.74 Å². The number of methoxy groups -OCH3 is 1. The van der Waals surface area contributed by atoms with Crippen LogP contribution >= 0.6 is 0 Å². The maximum absolute atomic E-state index is 12.8. The van der Waals surface area contributed by atoms with Crippen LogP contribution in [0.4, 0.5) is 19.0 Å². The molecule has 1 aromatic carbocycles. The van der Waals surface area contributed by atoms with Crippen LogP contribution in [0.3, 0.4) is 0 Å². The molecule has 0 bridgehead atoms. The molecule has 10 heteroatoms. The van der Waals surface area contributed by atoms with Gasteiger partial charge in [0, 0.05) is 25.3 Å². The molecule has 1 atom stereocenters. The van der Waals surface area contributed by atoms with E-state index in [0.717, 1.165) is 17.8 Å². The average Bonchev–Trinajstić information content (AvgIpc) is 3.09. The topological polar surface area (TPSA) is 71.5 Å². The number of aromatic nitrogens is 1. The summed E-state index contributed by atoms with van der Waals surface area (Å²) >= 11 is 0. The first-order valence-corrected chi connectivity index (χ1v) is 10.0. The number of aryl methyl sites for hydroxylation is 1. The molecule has 6 nitrogen and oxygen atoms in total. The molecule has 3 rings (SSSR count). The minimum Gasteiger partial charge on any atom is -0.495 e. The fourth-order valence-corrected chi connectivity index (χ4v) is 4.60. The van der Waals surface area contributed by atoms with E-state index >= 15 is 0 Å². The van der Waals surface area contributed by atoms with Crippen molar-refractivity contribution >= 4 is 15.8 Å². The summed E-state index contributed by atoms with van der Waals surface area (Å²) in [4.78, 5) is 5.67. The highest BCUT2D eigenvalue weighted by Gasteiger charge is 2.32. The molecular formula is C18H20F3N3O3S. The summed E-state index contributed by atoms with van der Waals surface area (Å²) in [6.45, 7) is 2.58. The SMILES string of the molecule is COc1ccc(C)cc1S(=O)(=O)NC1CCN(c2ccc(C(F)(F)F)cn2)C1. The smallest absolute Gasteiger partial charge is 0.417 e. The number of anilines is 1. The number of halogens is 3. The zero-order valence-electron chi connectivity index (χ0n) is 15.3. The third-order valence-electron chi connectivity index (χ3n) is 4.52. The Hall–Kier alpha value is -2.33. The Bertz CT molecular complexity index is 947. The monoisotopic (exact) mass is 415 g/mol. The van der Waals surface area contributed by atoms with Crippen molar-refractivity contribution in [3.63, 3.8) is 0 Å². The Balaban J connectivity index is 1.71. The fraction of sp³-hybridized carbons (Fsp3) is 0.389. The van der Waals surface area contributed by atoms with Crippen LogP contribution in [0.1, 0.15) is 17.5 Å². The van der Waals surface area contributed by atoms with Crippen LogP contribution < -0.4 is 14.4 Å². The van der Waals surface area contributed by atoms with Gasteiger partial charge in [-0.3, -0.25) is 0 Å². The van der Waals surface area contributed by atoms with Crippen molar-refractivity contribution in [3.05, 3.63) is 47.7 Å². The highest BCUT2D eigenvalue weighted by atomic mass is 32.2. The molecule has 0 spiro atoms. The van der Waals surface area contributed by atoms with E-state index in [2.05, 4.69) is 9.71 Å². The van der Waals surface area contributed by atoms with Gasteiger partial charge in [-0.05, 0) is 43.2 Å². The first-order valence-electron chi connectivity index (χ1n) is 8.55. The largest absolute Gasteiger partial charge is 0.495 e. The van der Waals surface area contributed by atoms with Gasteiger partial charge < -0.3 is 9.64 Å². The number of sulfonamides is 1. The van der Waals surface area contributed by atoms with Gasteiger partial charge in [-0.15, -0.1) is 0 Å². The number of benzene rings is 1. The Morgan fingerprint density at radius 2 is 2.00 bits per heavy atom. The lowest BCUT2D eigenvalue weighted by molar-refractivity contribution is -0.137. The van der Waals surface area contributed by atoms with Gasteiger partial charge in [0.05, 0.1) is 12.7 Å². The van der Waals surface area contributed by atoms with E-state index in [1.165, 1.54) is 19.2 Å². The van der Waals surface area contributed by atoms with Crippen molar-refractivity contribution in [1.29, 1.82) is 0 Å². The molecular weight excluding hydrogens is 395 g/mol. The lowest BCUT2D eigenvalue weighted by Gasteiger charge is -2.19. The summed E-state index contributed by atoms with van der Waals surface area (Å²) in [5, 5.41) is 0. The van der Waals surface area contributed by atoms with Crippen LogP contribution in [0.5, 0.6) is 5.75 Å². The minimum atomic E-state index is -4.44. The Morgan fingerprint density at radius 3 is 2.61 bits per heavy atom. The van der Waals surface area contributed by atoms with Gasteiger partial charge in [0.15, 0.2) is 0 Å². The highest BCUT2D eigenvalue weighted by Crippen LogP contribution is 2.30. The van der Waals surface area contributed by atoms with E-state index in [0.29, 0.717) is 25.3 Å². The van der Waals surface area contributed by atoms with Crippen molar-refractivity contribution in [1.82, 2.24) is 9.71 Å². The van der Waals surface area contributed by atoms with Gasteiger partial charge in [0.1, 0.15) is 16.5 Å². The first-order chi connectivity index (χ1) is 13.1. The molecule has 152 valence electrons. The van der Waals surface area contributed by atoms with Gasteiger partial charge in [0.2, 0.25) is 10.0 Å². The number of nitrogens with one attached hydrogen (secondary N) is 1. The normalized spacial score (nSPS) is 17.8. The van der Waals surface area contributed by atoms with Gasteiger partial charge in [0.25, 0.3) is 0 Å². The zero-order chi connectivity index (χ0) is 20.5. The third kappa shape index (κ3) is 4.39. The molecule has 2 aromatic rings. The molecule has 1 aromatic heterocycles. The zero-order valence-corrected chi connectivity index (χ0v) is 16.1. The van der Waals surface area contributed by atoms with Crippen LogP contribution in [0.15, 0.2) is 41.4 Å². The van der Waals surface area contributed by atoms with E-state index in [1.807, 2.05) is 0 Å². The third-order valence-corrected chi connectivity index (χ3v) is 6.06. The number of rotatable bonds is 5. The second kappa shape index (κ2) is 7.59. The van der Waals surface area contributed by atoms with E-state index < -0.39 is 21.8 Å². The molecule has 1 N–H and O–H groups in total. The lowest BCUT2D eigenvalue weighted by atomic mass is 10.2. The van der Waals surface area contributed by atoms with Crippen molar-refractivity contribution in [2.75, 3.05) is 25.1 Å². The Morgan fingerprint density at radius 1 is 1.25 bits per heavy atom. The molecule has 0 radical (unpaired) electrons. The molecule has 28 heavy (non-hydrogen) atoms. The number of hydrogen-bond acceptors (Lipinski definition) is 5. The van der Waals surface area contributed by atoms with Gasteiger partial charge in [-0.1, -0.05) is 6.07 Å². The summed E-state index contributed by atoms with van der Waals surface area (Å²) in [6.07, 6.45) is -3.15. The number of ether oxygens (including phenoxy) is 1. The highest BCUT2D eigenvalue weighted by molar-refractivity contribution is 7.89. The standard InChI is InChI=1S/C18H20F3N3O3S/c1-12-3-5-15(27-2)16(9-12)28(25,26)23-14-7-8-24(11-14)17-6-4-13(10-22-17)18(19,20)21/h3-6,9-10,14,23H,7-8,11H2,1-2H3. The van der Waals surface area contributed by atoms with Gasteiger partial charge in [-0.25, -0.2) is 18.1 Å². The molecule has 1 fully saturated rings. The van der Waals surface area contributed by atoms with E-state index in [1.54, 1.807) is 24.0 Å². The number of alkyl halides is 3. The van der Waals surface area contributed by atoms with Crippen LogP contribution in [-0.4, -0.2) is 39.6 Å². The van der Waals surface area contributed by atoms with Crippen molar-refractivity contribution in [3.8, 4) is 5.75 Å². The maximum Gasteiger partial charge on any atom is 0.417 e. The number of nitrogens with zero attached hydrogens (tertiary/aromatic N) is 2. The first kappa shape index (κ1) is 20.4. The summed E-state index contributed by atoms with van der Waals surface area (Å²) in [6, 6.07) is 6.76. The van der Waals surface area contributed by atoms with E-state index in [9.17, 15) is 21.6 Å². The maximum atomic E-state index is 12.8. The van der Waals surface area contributed by atoms with Gasteiger partial charge in [-0.2, -0.15) is 13.2 Å². The Labute approximate surface area is 161 Å². The summed E-state index contributed by atoms with van der Waals surface area (Å²) in [7, 11) is -2.41. The van der Waals surface area contributed by atoms with Gasteiger partial charge >= 0.3 is 6.18 Å². The minimum absolute atomic E-state index is 0.0566. The average molecular weight is 415 g/mol. The van der Waals surface area contributed by atoms with Crippen molar-refractivity contribution in [2.24, 2.45) is 0 Å². The molecule has 0 amide bonds. The summed E-state index contributed by atoms with van der Waals surface area (Å²) in [5.74, 6) is 0.625. The van der Waals surface area contributed by atoms with E-state index in [-0.39, 0.29) is 16.7 Å². The van der Waals surface area contributed by atoms with Crippen LogP contribution in [0.2, 0.25) is 0 Å². The fourth-order valence-electron chi connectivity index (χ4n) is 3.08. The second-order valence-electron chi connectivity index (χ2n) is 6.61. The van der Waals surface area contributed by atoms with Crippen LogP contribution in [0.25, 0.3) is 0 Å². The molecule has 1 aliphatic rings. The molecule has 0 saturated carbocycles. The Kier molecular flexibility index (Phi) is 5.53. The molecule has 1 saturated heterocycles. The summed E-state index contributed by atoms with van der Waals surface area (Å²) in [5.41, 5.74) is -0.0394. The molecule has 1 aliphatic heterocycles. The lowest BCUT2D eigenvalue weighted by Crippen LogP contribution is -2.37. The predicted octanol–water partition coefficient (Wildman–Crippen LogP) is 2.97. The van der Waals surface area contributed by atoms with Crippen LogP contribution in [0, 0.1) is 6.92 Å². The summed E-state index contributed by atoms with van der Waals surface area (Å²) < 4.78 is 71.3. The number of pyridine rings is 1. The van der Waals surface area contributed by atoms with Crippen LogP contribution in [-0.2, 0) is 16.2 Å².